The van der Waals surface area contributed by atoms with Gasteiger partial charge in [-0.1, -0.05) is 18.2 Å². The standard InChI is InChI=1S/C20H15N3O2/c1-25-16-8-4-7-15(12-16)23-19(14-6-5-11-21-13-14)22-18-10-3-2-9-17(18)20(23)24/h2-13H,1H3. The van der Waals surface area contributed by atoms with E-state index < -0.39 is 0 Å². The van der Waals surface area contributed by atoms with Gasteiger partial charge in [0, 0.05) is 24.0 Å². The van der Waals surface area contributed by atoms with E-state index in [2.05, 4.69) is 4.98 Å². The molecule has 0 radical (unpaired) electrons. The molecule has 5 heteroatoms. The fraction of sp³-hybridized carbons (Fsp3) is 0.0500. The smallest absolute Gasteiger partial charge is 0.266 e. The second kappa shape index (κ2) is 6.20. The molecular formula is C20H15N3O2. The summed E-state index contributed by atoms with van der Waals surface area (Å²) in [6.45, 7) is 0. The number of ether oxygens (including phenoxy) is 1. The average molecular weight is 329 g/mol. The van der Waals surface area contributed by atoms with Crippen molar-refractivity contribution in [1.29, 1.82) is 0 Å². The third-order valence-electron chi connectivity index (χ3n) is 4.01. The topological polar surface area (TPSA) is 57.0 Å². The van der Waals surface area contributed by atoms with Crippen molar-refractivity contribution in [3.05, 3.63) is 83.4 Å². The lowest BCUT2D eigenvalue weighted by Crippen LogP contribution is -2.22. The van der Waals surface area contributed by atoms with Crippen molar-refractivity contribution in [1.82, 2.24) is 14.5 Å². The molecule has 2 aromatic carbocycles. The van der Waals surface area contributed by atoms with Crippen LogP contribution in [0.15, 0.2) is 77.9 Å². The van der Waals surface area contributed by atoms with Crippen LogP contribution in [0.5, 0.6) is 5.75 Å². The van der Waals surface area contributed by atoms with Gasteiger partial charge >= 0.3 is 0 Å². The van der Waals surface area contributed by atoms with Crippen molar-refractivity contribution in [3.8, 4) is 22.8 Å². The average Bonchev–Trinajstić information content (AvgIpc) is 2.68. The summed E-state index contributed by atoms with van der Waals surface area (Å²) in [6, 6.07) is 18.4. The first-order chi connectivity index (χ1) is 12.3. The van der Waals surface area contributed by atoms with Crippen molar-refractivity contribution in [2.24, 2.45) is 0 Å². The van der Waals surface area contributed by atoms with E-state index in [9.17, 15) is 4.79 Å². The van der Waals surface area contributed by atoms with E-state index in [1.54, 1.807) is 30.1 Å². The van der Waals surface area contributed by atoms with E-state index in [4.69, 9.17) is 9.72 Å². The van der Waals surface area contributed by atoms with Crippen molar-refractivity contribution in [2.45, 2.75) is 0 Å². The summed E-state index contributed by atoms with van der Waals surface area (Å²) in [4.78, 5) is 22.1. The second-order valence-corrected chi connectivity index (χ2v) is 5.54. The molecule has 0 amide bonds. The predicted octanol–water partition coefficient (Wildman–Crippen LogP) is 3.46. The number of methoxy groups -OCH3 is 1. The largest absolute Gasteiger partial charge is 0.497 e. The molecule has 0 aliphatic carbocycles. The van der Waals surface area contributed by atoms with Crippen LogP contribution in [-0.2, 0) is 0 Å². The number of aromatic nitrogens is 3. The first kappa shape index (κ1) is 15.1. The van der Waals surface area contributed by atoms with E-state index >= 15 is 0 Å². The van der Waals surface area contributed by atoms with Gasteiger partial charge in [0.1, 0.15) is 11.6 Å². The number of fused-ring (bicyclic) bond motifs is 1. The van der Waals surface area contributed by atoms with E-state index in [0.717, 1.165) is 5.56 Å². The maximum atomic E-state index is 13.2. The highest BCUT2D eigenvalue weighted by Gasteiger charge is 2.14. The number of nitrogens with zero attached hydrogens (tertiary/aromatic N) is 3. The van der Waals surface area contributed by atoms with Gasteiger partial charge in [0.2, 0.25) is 0 Å². The van der Waals surface area contributed by atoms with Crippen molar-refractivity contribution >= 4 is 10.9 Å². The van der Waals surface area contributed by atoms with Gasteiger partial charge < -0.3 is 4.74 Å². The Balaban J connectivity index is 2.10. The Hall–Kier alpha value is -3.47. The van der Waals surface area contributed by atoms with Crippen LogP contribution in [0.25, 0.3) is 28.0 Å². The van der Waals surface area contributed by atoms with Crippen LogP contribution in [0, 0.1) is 0 Å². The molecule has 0 bridgehead atoms. The lowest BCUT2D eigenvalue weighted by molar-refractivity contribution is 0.414. The highest BCUT2D eigenvalue weighted by Crippen LogP contribution is 2.23. The Labute approximate surface area is 144 Å². The van der Waals surface area contributed by atoms with Gasteiger partial charge in [-0.05, 0) is 36.4 Å². The van der Waals surface area contributed by atoms with Gasteiger partial charge in [0.05, 0.1) is 23.7 Å². The first-order valence-electron chi connectivity index (χ1n) is 7.84. The molecule has 5 nitrogen and oxygen atoms in total. The molecule has 0 spiro atoms. The molecule has 0 atom stereocenters. The number of rotatable bonds is 3. The molecule has 0 unspecified atom stereocenters. The zero-order valence-electron chi connectivity index (χ0n) is 13.6. The minimum absolute atomic E-state index is 0.127. The van der Waals surface area contributed by atoms with Gasteiger partial charge in [-0.25, -0.2) is 4.98 Å². The zero-order chi connectivity index (χ0) is 17.2. The first-order valence-corrected chi connectivity index (χ1v) is 7.84. The van der Waals surface area contributed by atoms with Gasteiger partial charge in [0.15, 0.2) is 0 Å². The summed E-state index contributed by atoms with van der Waals surface area (Å²) < 4.78 is 6.90. The van der Waals surface area contributed by atoms with Crippen LogP contribution in [-0.4, -0.2) is 21.6 Å². The van der Waals surface area contributed by atoms with E-state index in [-0.39, 0.29) is 5.56 Å². The van der Waals surface area contributed by atoms with Crippen molar-refractivity contribution in [3.63, 3.8) is 0 Å². The summed E-state index contributed by atoms with van der Waals surface area (Å²) in [5.41, 5.74) is 2.00. The predicted molar refractivity (Wildman–Crippen MR) is 97.1 cm³/mol. The molecule has 0 aliphatic heterocycles. The number of hydrogen-bond acceptors (Lipinski definition) is 4. The fourth-order valence-corrected chi connectivity index (χ4v) is 2.81. The summed E-state index contributed by atoms with van der Waals surface area (Å²) in [5, 5.41) is 0.568. The lowest BCUT2D eigenvalue weighted by atomic mass is 10.2. The van der Waals surface area contributed by atoms with Crippen molar-refractivity contribution < 1.29 is 4.74 Å². The SMILES string of the molecule is COc1cccc(-n2c(-c3cccnc3)nc3ccccc3c2=O)c1. The highest BCUT2D eigenvalue weighted by atomic mass is 16.5. The van der Waals surface area contributed by atoms with Crippen molar-refractivity contribution in [2.75, 3.05) is 7.11 Å². The molecule has 0 fully saturated rings. The number of pyridine rings is 1. The van der Waals surface area contributed by atoms with Crippen LogP contribution >= 0.6 is 0 Å². The molecule has 122 valence electrons. The molecule has 2 heterocycles. The van der Waals surface area contributed by atoms with E-state index in [1.165, 1.54) is 0 Å². The Morgan fingerprint density at radius 1 is 1.00 bits per heavy atom. The maximum absolute atomic E-state index is 13.2. The molecule has 0 saturated carbocycles. The van der Waals surface area contributed by atoms with Gasteiger partial charge in [-0.15, -0.1) is 0 Å². The Bertz CT molecular complexity index is 1100. The zero-order valence-corrected chi connectivity index (χ0v) is 13.6. The molecule has 25 heavy (non-hydrogen) atoms. The highest BCUT2D eigenvalue weighted by molar-refractivity contribution is 5.80. The minimum atomic E-state index is -0.127. The van der Waals surface area contributed by atoms with Gasteiger partial charge in [0.25, 0.3) is 5.56 Å². The Morgan fingerprint density at radius 3 is 2.68 bits per heavy atom. The molecular weight excluding hydrogens is 314 g/mol. The third kappa shape index (κ3) is 2.65. The molecule has 0 saturated heterocycles. The summed E-state index contributed by atoms with van der Waals surface area (Å²) in [5.74, 6) is 1.22. The summed E-state index contributed by atoms with van der Waals surface area (Å²) in [7, 11) is 1.60. The summed E-state index contributed by atoms with van der Waals surface area (Å²) in [6.07, 6.45) is 3.39. The molecule has 0 N–H and O–H groups in total. The van der Waals surface area contributed by atoms with Gasteiger partial charge in [-0.3, -0.25) is 14.3 Å². The van der Waals surface area contributed by atoms with Crippen LogP contribution in [0.2, 0.25) is 0 Å². The van der Waals surface area contributed by atoms with Crippen LogP contribution in [0.1, 0.15) is 0 Å². The van der Waals surface area contributed by atoms with Crippen LogP contribution in [0.4, 0.5) is 0 Å². The molecule has 0 aliphatic rings. The summed E-state index contributed by atoms with van der Waals surface area (Å²) >= 11 is 0. The van der Waals surface area contributed by atoms with Crippen LogP contribution < -0.4 is 10.3 Å². The third-order valence-corrected chi connectivity index (χ3v) is 4.01. The number of para-hydroxylation sites is 1. The normalized spacial score (nSPS) is 10.8. The Morgan fingerprint density at radius 2 is 1.88 bits per heavy atom. The van der Waals surface area contributed by atoms with E-state index in [1.807, 2.05) is 54.6 Å². The lowest BCUT2D eigenvalue weighted by Gasteiger charge is -2.14. The van der Waals surface area contributed by atoms with Crippen LogP contribution in [0.3, 0.4) is 0 Å². The minimum Gasteiger partial charge on any atom is -0.497 e. The quantitative estimate of drug-likeness (QED) is 0.577. The fourth-order valence-electron chi connectivity index (χ4n) is 2.81. The second-order valence-electron chi connectivity index (χ2n) is 5.54. The van der Waals surface area contributed by atoms with E-state index in [0.29, 0.717) is 28.2 Å². The molecule has 2 aromatic heterocycles. The maximum Gasteiger partial charge on any atom is 0.266 e. The number of benzene rings is 2. The molecule has 4 aromatic rings. The number of hydrogen-bond donors (Lipinski definition) is 0. The monoisotopic (exact) mass is 329 g/mol. The van der Waals surface area contributed by atoms with Gasteiger partial charge in [-0.2, -0.15) is 0 Å². The Kier molecular flexibility index (Phi) is 3.74. The molecule has 4 rings (SSSR count).